The van der Waals surface area contributed by atoms with Crippen LogP contribution in [0.1, 0.15) is 19.5 Å². The van der Waals surface area contributed by atoms with Gasteiger partial charge in [-0.3, -0.25) is 0 Å². The molecule has 0 saturated carbocycles. The molecule has 0 aromatic carbocycles. The molecular formula is C12H18N4O. The number of nitrogens with zero attached hydrogens (tertiary/aromatic N) is 4. The third-order valence-corrected chi connectivity index (χ3v) is 2.24. The molecule has 0 spiro atoms. The summed E-state index contributed by atoms with van der Waals surface area (Å²) in [5.41, 5.74) is 0.365. The van der Waals surface area contributed by atoms with Crippen molar-refractivity contribution in [2.75, 3.05) is 31.7 Å². The van der Waals surface area contributed by atoms with Crippen LogP contribution in [0.25, 0.3) is 0 Å². The van der Waals surface area contributed by atoms with Crippen molar-refractivity contribution in [3.8, 4) is 6.07 Å². The van der Waals surface area contributed by atoms with Crippen LogP contribution < -0.4 is 4.90 Å². The summed E-state index contributed by atoms with van der Waals surface area (Å²) in [5.74, 6) is 1.13. The van der Waals surface area contributed by atoms with E-state index in [9.17, 15) is 0 Å². The lowest BCUT2D eigenvalue weighted by Crippen LogP contribution is -2.32. The van der Waals surface area contributed by atoms with Crippen molar-refractivity contribution in [1.82, 2.24) is 9.97 Å². The molecule has 0 radical (unpaired) electrons. The normalized spacial score (nSPS) is 10.3. The van der Waals surface area contributed by atoms with Crippen LogP contribution in [-0.2, 0) is 4.74 Å². The zero-order chi connectivity index (χ0) is 12.7. The lowest BCUT2D eigenvalue weighted by atomic mass is 10.2. The third kappa shape index (κ3) is 4.00. The van der Waals surface area contributed by atoms with Crippen LogP contribution in [0.5, 0.6) is 0 Å². The molecule has 0 aliphatic heterocycles. The predicted octanol–water partition coefficient (Wildman–Crippen LogP) is 1.46. The van der Waals surface area contributed by atoms with Crippen molar-refractivity contribution in [3.05, 3.63) is 18.1 Å². The molecule has 5 nitrogen and oxygen atoms in total. The molecule has 0 saturated heterocycles. The maximum absolute atomic E-state index is 9.02. The van der Waals surface area contributed by atoms with Gasteiger partial charge in [-0.15, -0.1) is 0 Å². The summed E-state index contributed by atoms with van der Waals surface area (Å²) in [4.78, 5) is 10.3. The van der Waals surface area contributed by atoms with Gasteiger partial charge in [0.1, 0.15) is 6.07 Å². The average Bonchev–Trinajstić information content (AvgIpc) is 2.34. The quantitative estimate of drug-likeness (QED) is 0.745. The van der Waals surface area contributed by atoms with E-state index >= 15 is 0 Å². The Labute approximate surface area is 102 Å². The van der Waals surface area contributed by atoms with Gasteiger partial charge in [-0.25, -0.2) is 9.97 Å². The van der Waals surface area contributed by atoms with Crippen molar-refractivity contribution in [2.24, 2.45) is 5.92 Å². The predicted molar refractivity (Wildman–Crippen MR) is 65.7 cm³/mol. The SMILES string of the molecule is COCCN(CC(C)C)c1nccnc1C#N. The Hall–Kier alpha value is -1.67. The highest BCUT2D eigenvalue weighted by molar-refractivity contribution is 5.49. The number of nitriles is 1. The van der Waals surface area contributed by atoms with Crippen molar-refractivity contribution in [1.29, 1.82) is 5.26 Å². The van der Waals surface area contributed by atoms with Gasteiger partial charge in [0.25, 0.3) is 0 Å². The highest BCUT2D eigenvalue weighted by atomic mass is 16.5. The first-order valence-electron chi connectivity index (χ1n) is 5.64. The molecule has 0 aliphatic rings. The molecule has 1 aromatic heterocycles. The number of hydrogen-bond acceptors (Lipinski definition) is 5. The Kier molecular flexibility index (Phi) is 5.37. The van der Waals surface area contributed by atoms with Gasteiger partial charge < -0.3 is 9.64 Å². The minimum atomic E-state index is 0.365. The van der Waals surface area contributed by atoms with E-state index in [0.29, 0.717) is 30.6 Å². The summed E-state index contributed by atoms with van der Waals surface area (Å²) in [5, 5.41) is 9.02. The molecular weight excluding hydrogens is 216 g/mol. The largest absolute Gasteiger partial charge is 0.383 e. The maximum Gasteiger partial charge on any atom is 0.183 e. The fraction of sp³-hybridized carbons (Fsp3) is 0.583. The van der Waals surface area contributed by atoms with E-state index in [1.165, 1.54) is 6.20 Å². The topological polar surface area (TPSA) is 62.0 Å². The Morgan fingerprint density at radius 1 is 1.41 bits per heavy atom. The van der Waals surface area contributed by atoms with Crippen LogP contribution in [-0.4, -0.2) is 36.8 Å². The van der Waals surface area contributed by atoms with Crippen LogP contribution >= 0.6 is 0 Å². The number of aromatic nitrogens is 2. The molecule has 0 aliphatic carbocycles. The van der Waals surface area contributed by atoms with E-state index in [1.807, 2.05) is 4.90 Å². The second kappa shape index (κ2) is 6.81. The standard InChI is InChI=1S/C12H18N4O/c1-10(2)9-16(6-7-17-3)12-11(8-13)14-4-5-15-12/h4-5,10H,6-7,9H2,1-3H3. The monoisotopic (exact) mass is 234 g/mol. The van der Waals surface area contributed by atoms with Gasteiger partial charge in [0, 0.05) is 32.6 Å². The van der Waals surface area contributed by atoms with E-state index in [-0.39, 0.29) is 0 Å². The summed E-state index contributed by atoms with van der Waals surface area (Å²) in [7, 11) is 1.66. The number of methoxy groups -OCH3 is 1. The van der Waals surface area contributed by atoms with Crippen LogP contribution in [0.2, 0.25) is 0 Å². The summed E-state index contributed by atoms with van der Waals surface area (Å²) in [6.07, 6.45) is 3.14. The first-order chi connectivity index (χ1) is 8.19. The Morgan fingerprint density at radius 3 is 2.71 bits per heavy atom. The Bertz CT molecular complexity index is 386. The first kappa shape index (κ1) is 13.4. The molecule has 0 bridgehead atoms. The van der Waals surface area contributed by atoms with Crippen LogP contribution in [0, 0.1) is 17.2 Å². The second-order valence-corrected chi connectivity index (χ2v) is 4.17. The van der Waals surface area contributed by atoms with Gasteiger partial charge in [0.2, 0.25) is 0 Å². The van der Waals surface area contributed by atoms with Crippen LogP contribution in [0.3, 0.4) is 0 Å². The van der Waals surface area contributed by atoms with Gasteiger partial charge in [-0.05, 0) is 5.92 Å². The molecule has 0 atom stereocenters. The molecule has 0 amide bonds. The third-order valence-electron chi connectivity index (χ3n) is 2.24. The zero-order valence-electron chi connectivity index (χ0n) is 10.6. The van der Waals surface area contributed by atoms with Crippen molar-refractivity contribution in [2.45, 2.75) is 13.8 Å². The fourth-order valence-electron chi connectivity index (χ4n) is 1.57. The lowest BCUT2D eigenvalue weighted by Gasteiger charge is -2.25. The molecule has 1 rings (SSSR count). The van der Waals surface area contributed by atoms with Crippen LogP contribution in [0.4, 0.5) is 5.82 Å². The van der Waals surface area contributed by atoms with E-state index in [4.69, 9.17) is 10.00 Å². The first-order valence-corrected chi connectivity index (χ1v) is 5.64. The smallest absolute Gasteiger partial charge is 0.183 e. The molecule has 0 unspecified atom stereocenters. The Morgan fingerprint density at radius 2 is 2.12 bits per heavy atom. The molecule has 1 heterocycles. The number of anilines is 1. The molecule has 17 heavy (non-hydrogen) atoms. The van der Waals surface area contributed by atoms with Gasteiger partial charge in [0.15, 0.2) is 11.5 Å². The lowest BCUT2D eigenvalue weighted by molar-refractivity contribution is 0.204. The average molecular weight is 234 g/mol. The summed E-state index contributed by atoms with van der Waals surface area (Å²) in [6.45, 7) is 6.40. The van der Waals surface area contributed by atoms with Crippen LogP contribution in [0.15, 0.2) is 12.4 Å². The number of hydrogen-bond donors (Lipinski definition) is 0. The van der Waals surface area contributed by atoms with Gasteiger partial charge in [0.05, 0.1) is 6.61 Å². The van der Waals surface area contributed by atoms with Crippen molar-refractivity contribution < 1.29 is 4.74 Å². The minimum Gasteiger partial charge on any atom is -0.383 e. The summed E-state index contributed by atoms with van der Waals surface area (Å²) >= 11 is 0. The number of ether oxygens (including phenoxy) is 1. The Balaban J connectivity index is 2.91. The van der Waals surface area contributed by atoms with E-state index in [2.05, 4.69) is 29.9 Å². The van der Waals surface area contributed by atoms with E-state index < -0.39 is 0 Å². The van der Waals surface area contributed by atoms with Crippen molar-refractivity contribution >= 4 is 5.82 Å². The van der Waals surface area contributed by atoms with E-state index in [0.717, 1.165) is 6.54 Å². The molecule has 0 fully saturated rings. The van der Waals surface area contributed by atoms with Gasteiger partial charge in [-0.1, -0.05) is 13.8 Å². The fourth-order valence-corrected chi connectivity index (χ4v) is 1.57. The molecule has 5 heteroatoms. The minimum absolute atomic E-state index is 0.365. The highest BCUT2D eigenvalue weighted by Crippen LogP contribution is 2.15. The van der Waals surface area contributed by atoms with E-state index in [1.54, 1.807) is 13.3 Å². The number of rotatable bonds is 6. The zero-order valence-corrected chi connectivity index (χ0v) is 10.6. The molecule has 1 aromatic rings. The maximum atomic E-state index is 9.02. The molecule has 92 valence electrons. The highest BCUT2D eigenvalue weighted by Gasteiger charge is 2.14. The van der Waals surface area contributed by atoms with Crippen molar-refractivity contribution in [3.63, 3.8) is 0 Å². The summed E-state index contributed by atoms with van der Waals surface area (Å²) < 4.78 is 5.08. The van der Waals surface area contributed by atoms with Gasteiger partial charge in [-0.2, -0.15) is 5.26 Å². The van der Waals surface area contributed by atoms with Gasteiger partial charge >= 0.3 is 0 Å². The summed E-state index contributed by atoms with van der Waals surface area (Å²) in [6, 6.07) is 2.07. The molecule has 0 N–H and O–H groups in total. The second-order valence-electron chi connectivity index (χ2n) is 4.17.